The topological polar surface area (TPSA) is 38.8 Å². The molecule has 4 heteroatoms. The van der Waals surface area contributed by atoms with Crippen molar-refractivity contribution in [1.82, 2.24) is 4.90 Å². The van der Waals surface area contributed by atoms with E-state index in [4.69, 9.17) is 9.47 Å². The second kappa shape index (κ2) is 7.14. The van der Waals surface area contributed by atoms with Gasteiger partial charge in [-0.2, -0.15) is 0 Å². The van der Waals surface area contributed by atoms with Crippen molar-refractivity contribution >= 4 is 6.09 Å². The molecule has 2 atom stereocenters. The molecule has 1 fully saturated rings. The molecular weight excluding hydrogens is 278 g/mol. The third-order valence-electron chi connectivity index (χ3n) is 3.81. The van der Waals surface area contributed by atoms with Crippen molar-refractivity contribution < 1.29 is 14.3 Å². The van der Waals surface area contributed by atoms with Crippen molar-refractivity contribution in [1.29, 1.82) is 0 Å². The SMILES string of the molecule is CC1CCC(COCc2ccccc2)N1C(=O)OC(C)(C)C. The summed E-state index contributed by atoms with van der Waals surface area (Å²) in [6.07, 6.45) is 1.74. The first-order valence-corrected chi connectivity index (χ1v) is 8.00. The van der Waals surface area contributed by atoms with E-state index in [-0.39, 0.29) is 18.2 Å². The summed E-state index contributed by atoms with van der Waals surface area (Å²) in [5, 5.41) is 0. The molecule has 1 aromatic carbocycles. The number of carbonyl (C=O) groups is 1. The van der Waals surface area contributed by atoms with Gasteiger partial charge in [-0.25, -0.2) is 4.79 Å². The molecule has 2 unspecified atom stereocenters. The molecule has 0 saturated carbocycles. The molecule has 2 rings (SSSR count). The summed E-state index contributed by atoms with van der Waals surface area (Å²) in [7, 11) is 0. The van der Waals surface area contributed by atoms with Crippen LogP contribution in [0.15, 0.2) is 30.3 Å². The predicted octanol–water partition coefficient (Wildman–Crippen LogP) is 3.99. The third-order valence-corrected chi connectivity index (χ3v) is 3.81. The van der Waals surface area contributed by atoms with E-state index in [0.29, 0.717) is 13.2 Å². The van der Waals surface area contributed by atoms with Crippen molar-refractivity contribution in [3.05, 3.63) is 35.9 Å². The van der Waals surface area contributed by atoms with E-state index < -0.39 is 5.60 Å². The fraction of sp³-hybridized carbons (Fsp3) is 0.611. The Hall–Kier alpha value is -1.55. The maximum Gasteiger partial charge on any atom is 0.410 e. The third kappa shape index (κ3) is 4.73. The summed E-state index contributed by atoms with van der Waals surface area (Å²) in [6.45, 7) is 8.89. The van der Waals surface area contributed by atoms with Crippen LogP contribution in [0.5, 0.6) is 0 Å². The lowest BCUT2D eigenvalue weighted by Crippen LogP contribution is -2.44. The van der Waals surface area contributed by atoms with Gasteiger partial charge in [0.2, 0.25) is 0 Å². The van der Waals surface area contributed by atoms with Crippen LogP contribution in [0.1, 0.15) is 46.1 Å². The number of nitrogens with zero attached hydrogens (tertiary/aromatic N) is 1. The second-order valence-corrected chi connectivity index (χ2v) is 6.97. The number of carbonyl (C=O) groups excluding carboxylic acids is 1. The number of likely N-dealkylation sites (tertiary alicyclic amines) is 1. The highest BCUT2D eigenvalue weighted by Crippen LogP contribution is 2.26. The molecule has 122 valence electrons. The average molecular weight is 305 g/mol. The standard InChI is InChI=1S/C18H27NO3/c1-14-10-11-16(19(14)17(20)22-18(2,3)4)13-21-12-15-8-6-5-7-9-15/h5-9,14,16H,10-13H2,1-4H3. The highest BCUT2D eigenvalue weighted by atomic mass is 16.6. The summed E-state index contributed by atoms with van der Waals surface area (Å²) >= 11 is 0. The van der Waals surface area contributed by atoms with E-state index in [1.807, 2.05) is 56.0 Å². The maximum atomic E-state index is 12.4. The quantitative estimate of drug-likeness (QED) is 0.844. The van der Waals surface area contributed by atoms with E-state index in [0.717, 1.165) is 18.4 Å². The number of rotatable bonds is 4. The predicted molar refractivity (Wildman–Crippen MR) is 86.7 cm³/mol. The normalized spacial score (nSPS) is 21.9. The Morgan fingerprint density at radius 2 is 1.91 bits per heavy atom. The summed E-state index contributed by atoms with van der Waals surface area (Å²) in [5.41, 5.74) is 0.687. The minimum Gasteiger partial charge on any atom is -0.444 e. The molecule has 4 nitrogen and oxygen atoms in total. The van der Waals surface area contributed by atoms with E-state index >= 15 is 0 Å². The number of hydrogen-bond donors (Lipinski definition) is 0. The summed E-state index contributed by atoms with van der Waals surface area (Å²) < 4.78 is 11.3. The molecule has 0 radical (unpaired) electrons. The smallest absolute Gasteiger partial charge is 0.410 e. The van der Waals surface area contributed by atoms with Gasteiger partial charge in [-0.3, -0.25) is 0 Å². The Kier molecular flexibility index (Phi) is 5.46. The van der Waals surface area contributed by atoms with Gasteiger partial charge in [0.25, 0.3) is 0 Å². The van der Waals surface area contributed by atoms with Crippen LogP contribution in [0.2, 0.25) is 0 Å². The zero-order valence-corrected chi connectivity index (χ0v) is 14.0. The minimum absolute atomic E-state index is 0.105. The Labute approximate surface area is 133 Å². The van der Waals surface area contributed by atoms with Crippen LogP contribution in [0.25, 0.3) is 0 Å². The van der Waals surface area contributed by atoms with E-state index in [9.17, 15) is 4.79 Å². The molecule has 0 N–H and O–H groups in total. The summed E-state index contributed by atoms with van der Waals surface area (Å²) in [6, 6.07) is 10.4. The molecule has 1 aliphatic heterocycles. The fourth-order valence-corrected chi connectivity index (χ4v) is 2.77. The second-order valence-electron chi connectivity index (χ2n) is 6.97. The molecule has 22 heavy (non-hydrogen) atoms. The zero-order valence-electron chi connectivity index (χ0n) is 14.0. The fourth-order valence-electron chi connectivity index (χ4n) is 2.77. The molecule has 1 amide bonds. The van der Waals surface area contributed by atoms with Gasteiger partial charge >= 0.3 is 6.09 Å². The van der Waals surface area contributed by atoms with Crippen molar-refractivity contribution in [3.8, 4) is 0 Å². The number of benzene rings is 1. The molecule has 0 aromatic heterocycles. The Morgan fingerprint density at radius 3 is 2.55 bits per heavy atom. The summed E-state index contributed by atoms with van der Waals surface area (Å²) in [5.74, 6) is 0. The first-order chi connectivity index (χ1) is 10.4. The Bertz CT molecular complexity index is 481. The first kappa shape index (κ1) is 16.8. The monoisotopic (exact) mass is 305 g/mol. The van der Waals surface area contributed by atoms with E-state index in [1.54, 1.807) is 0 Å². The highest BCUT2D eigenvalue weighted by molar-refractivity contribution is 5.69. The van der Waals surface area contributed by atoms with Gasteiger partial charge < -0.3 is 14.4 Å². The highest BCUT2D eigenvalue weighted by Gasteiger charge is 2.36. The van der Waals surface area contributed by atoms with Gasteiger partial charge in [-0.15, -0.1) is 0 Å². The molecule has 1 aromatic rings. The number of hydrogen-bond acceptors (Lipinski definition) is 3. The summed E-state index contributed by atoms with van der Waals surface area (Å²) in [4.78, 5) is 14.2. The molecule has 1 heterocycles. The van der Waals surface area contributed by atoms with Crippen molar-refractivity contribution in [3.63, 3.8) is 0 Å². The van der Waals surface area contributed by atoms with Gasteiger partial charge in [-0.1, -0.05) is 30.3 Å². The van der Waals surface area contributed by atoms with Crippen LogP contribution in [0.3, 0.4) is 0 Å². The van der Waals surface area contributed by atoms with Crippen molar-refractivity contribution in [2.75, 3.05) is 6.61 Å². The maximum absolute atomic E-state index is 12.4. The lowest BCUT2D eigenvalue weighted by atomic mass is 10.2. The molecule has 1 saturated heterocycles. The van der Waals surface area contributed by atoms with Gasteiger partial charge in [0.1, 0.15) is 5.60 Å². The van der Waals surface area contributed by atoms with Crippen LogP contribution < -0.4 is 0 Å². The van der Waals surface area contributed by atoms with Gasteiger partial charge in [0, 0.05) is 6.04 Å². The van der Waals surface area contributed by atoms with E-state index in [1.165, 1.54) is 0 Å². The number of amides is 1. The van der Waals surface area contributed by atoms with E-state index in [2.05, 4.69) is 6.92 Å². The lowest BCUT2D eigenvalue weighted by Gasteiger charge is -2.31. The average Bonchev–Trinajstić information content (AvgIpc) is 2.79. The van der Waals surface area contributed by atoms with Crippen molar-refractivity contribution in [2.24, 2.45) is 0 Å². The molecule has 0 spiro atoms. The van der Waals surface area contributed by atoms with Crippen LogP contribution in [0, 0.1) is 0 Å². The Morgan fingerprint density at radius 1 is 1.23 bits per heavy atom. The van der Waals surface area contributed by atoms with Crippen LogP contribution in [-0.2, 0) is 16.1 Å². The minimum atomic E-state index is -0.463. The van der Waals surface area contributed by atoms with Crippen LogP contribution >= 0.6 is 0 Å². The first-order valence-electron chi connectivity index (χ1n) is 8.00. The lowest BCUT2D eigenvalue weighted by molar-refractivity contribution is 0.00161. The largest absolute Gasteiger partial charge is 0.444 e. The molecule has 1 aliphatic rings. The molecule has 0 bridgehead atoms. The van der Waals surface area contributed by atoms with Gasteiger partial charge in [0.05, 0.1) is 19.3 Å². The Balaban J connectivity index is 1.87. The van der Waals surface area contributed by atoms with Crippen LogP contribution in [-0.4, -0.2) is 35.3 Å². The number of ether oxygens (including phenoxy) is 2. The molecule has 0 aliphatic carbocycles. The van der Waals surface area contributed by atoms with Crippen LogP contribution in [0.4, 0.5) is 4.79 Å². The zero-order chi connectivity index (χ0) is 16.2. The molecular formula is C18H27NO3. The van der Waals surface area contributed by atoms with Gasteiger partial charge in [0.15, 0.2) is 0 Å². The van der Waals surface area contributed by atoms with Gasteiger partial charge in [-0.05, 0) is 46.1 Å². The van der Waals surface area contributed by atoms with Crippen molar-refractivity contribution in [2.45, 2.75) is 64.8 Å².